The second kappa shape index (κ2) is 6.84. The number of halogens is 1. The van der Waals surface area contributed by atoms with Crippen molar-refractivity contribution in [2.45, 2.75) is 20.4 Å². The third kappa shape index (κ3) is 3.63. The molecule has 0 unspecified atom stereocenters. The Balaban J connectivity index is 1.73. The van der Waals surface area contributed by atoms with Crippen LogP contribution in [0.2, 0.25) is 5.02 Å². The van der Waals surface area contributed by atoms with Gasteiger partial charge in [-0.25, -0.2) is 4.68 Å². The lowest BCUT2D eigenvalue weighted by Gasteiger charge is -2.05. The van der Waals surface area contributed by atoms with Crippen LogP contribution in [0.25, 0.3) is 5.69 Å². The molecule has 24 heavy (non-hydrogen) atoms. The highest BCUT2D eigenvalue weighted by Crippen LogP contribution is 2.15. The summed E-state index contributed by atoms with van der Waals surface area (Å²) in [5.41, 5.74) is 4.26. The monoisotopic (exact) mass is 340 g/mol. The standard InChI is InChI=1S/C18H17ClN4O/c1-12-7-13(2)9-15(8-12)23-11-17(21-22-23)18(24)20-10-14-5-3-4-6-16(14)19/h3-9,11H,10H2,1-2H3,(H,20,24). The largest absolute Gasteiger partial charge is 0.346 e. The van der Waals surface area contributed by atoms with E-state index < -0.39 is 0 Å². The van der Waals surface area contributed by atoms with E-state index in [0.29, 0.717) is 11.6 Å². The molecule has 6 heteroatoms. The molecule has 2 aromatic carbocycles. The predicted octanol–water partition coefficient (Wildman–Crippen LogP) is 3.47. The van der Waals surface area contributed by atoms with Gasteiger partial charge in [0.05, 0.1) is 11.9 Å². The van der Waals surface area contributed by atoms with Crippen LogP contribution in [0.5, 0.6) is 0 Å². The molecule has 0 atom stereocenters. The smallest absolute Gasteiger partial charge is 0.273 e. The van der Waals surface area contributed by atoms with Gasteiger partial charge in [-0.15, -0.1) is 5.10 Å². The van der Waals surface area contributed by atoms with Crippen molar-refractivity contribution >= 4 is 17.5 Å². The Kier molecular flexibility index (Phi) is 4.62. The molecule has 0 aliphatic carbocycles. The number of benzene rings is 2. The van der Waals surface area contributed by atoms with Gasteiger partial charge in [-0.2, -0.15) is 0 Å². The van der Waals surface area contributed by atoms with Crippen molar-refractivity contribution in [3.63, 3.8) is 0 Å². The molecule has 1 amide bonds. The van der Waals surface area contributed by atoms with Crippen LogP contribution in [0.15, 0.2) is 48.7 Å². The Hall–Kier alpha value is -2.66. The summed E-state index contributed by atoms with van der Waals surface area (Å²) in [6.45, 7) is 4.38. The number of carbonyl (C=O) groups is 1. The first-order chi connectivity index (χ1) is 11.5. The normalized spacial score (nSPS) is 10.6. The molecular formula is C18H17ClN4O. The van der Waals surface area contributed by atoms with Crippen molar-refractivity contribution in [1.29, 1.82) is 0 Å². The highest BCUT2D eigenvalue weighted by Gasteiger charge is 2.12. The molecule has 3 rings (SSSR count). The molecule has 3 aromatic rings. The summed E-state index contributed by atoms with van der Waals surface area (Å²) in [6.07, 6.45) is 1.62. The van der Waals surface area contributed by atoms with Crippen LogP contribution < -0.4 is 5.32 Å². The maximum atomic E-state index is 12.2. The van der Waals surface area contributed by atoms with Gasteiger partial charge in [0.25, 0.3) is 5.91 Å². The van der Waals surface area contributed by atoms with E-state index in [1.54, 1.807) is 16.9 Å². The van der Waals surface area contributed by atoms with Crippen LogP contribution in [0.3, 0.4) is 0 Å². The van der Waals surface area contributed by atoms with E-state index in [-0.39, 0.29) is 11.6 Å². The molecule has 0 spiro atoms. The predicted molar refractivity (Wildman–Crippen MR) is 93.5 cm³/mol. The van der Waals surface area contributed by atoms with Gasteiger partial charge < -0.3 is 5.32 Å². The van der Waals surface area contributed by atoms with Crippen LogP contribution >= 0.6 is 11.6 Å². The topological polar surface area (TPSA) is 59.8 Å². The van der Waals surface area contributed by atoms with E-state index in [2.05, 4.69) is 21.7 Å². The summed E-state index contributed by atoms with van der Waals surface area (Å²) in [5.74, 6) is -0.287. The number of rotatable bonds is 4. The number of aryl methyl sites for hydroxylation is 2. The molecule has 122 valence electrons. The minimum absolute atomic E-state index is 0.265. The molecule has 0 fully saturated rings. The van der Waals surface area contributed by atoms with Gasteiger partial charge in [-0.3, -0.25) is 4.79 Å². The first-order valence-corrected chi connectivity index (χ1v) is 7.93. The lowest BCUT2D eigenvalue weighted by atomic mass is 10.1. The first kappa shape index (κ1) is 16.2. The molecular weight excluding hydrogens is 324 g/mol. The van der Waals surface area contributed by atoms with E-state index in [4.69, 9.17) is 11.6 Å². The zero-order valence-corrected chi connectivity index (χ0v) is 14.2. The molecule has 0 bridgehead atoms. The van der Waals surface area contributed by atoms with Crippen LogP contribution in [0, 0.1) is 13.8 Å². The van der Waals surface area contributed by atoms with E-state index in [1.807, 2.05) is 44.2 Å². The van der Waals surface area contributed by atoms with E-state index >= 15 is 0 Å². The van der Waals surface area contributed by atoms with Gasteiger partial charge in [0.15, 0.2) is 5.69 Å². The molecule has 1 N–H and O–H groups in total. The van der Waals surface area contributed by atoms with Gasteiger partial charge in [0.2, 0.25) is 0 Å². The van der Waals surface area contributed by atoms with Crippen molar-refractivity contribution in [2.24, 2.45) is 0 Å². The summed E-state index contributed by atoms with van der Waals surface area (Å²) in [6, 6.07) is 13.5. The number of hydrogen-bond acceptors (Lipinski definition) is 3. The Labute approximate surface area is 145 Å². The minimum atomic E-state index is -0.287. The van der Waals surface area contributed by atoms with Gasteiger partial charge >= 0.3 is 0 Å². The lowest BCUT2D eigenvalue weighted by Crippen LogP contribution is -2.23. The van der Waals surface area contributed by atoms with Gasteiger partial charge in [-0.1, -0.05) is 41.1 Å². The summed E-state index contributed by atoms with van der Waals surface area (Å²) in [5, 5.41) is 11.4. The first-order valence-electron chi connectivity index (χ1n) is 7.55. The second-order valence-electron chi connectivity index (χ2n) is 5.67. The zero-order chi connectivity index (χ0) is 17.1. The number of hydrogen-bond donors (Lipinski definition) is 1. The number of carbonyl (C=O) groups excluding carboxylic acids is 1. The highest BCUT2D eigenvalue weighted by molar-refractivity contribution is 6.31. The van der Waals surface area contributed by atoms with Crippen LogP contribution in [-0.2, 0) is 6.54 Å². The molecule has 0 radical (unpaired) electrons. The number of aromatic nitrogens is 3. The number of nitrogens with zero attached hydrogens (tertiary/aromatic N) is 3. The average Bonchev–Trinajstić information content (AvgIpc) is 3.03. The van der Waals surface area contributed by atoms with E-state index in [1.165, 1.54) is 0 Å². The second-order valence-corrected chi connectivity index (χ2v) is 6.08. The molecule has 0 saturated heterocycles. The lowest BCUT2D eigenvalue weighted by molar-refractivity contribution is 0.0946. The van der Waals surface area contributed by atoms with Crippen molar-refractivity contribution in [2.75, 3.05) is 0 Å². The van der Waals surface area contributed by atoms with Crippen LogP contribution in [-0.4, -0.2) is 20.9 Å². The minimum Gasteiger partial charge on any atom is -0.346 e. The maximum absolute atomic E-state index is 12.2. The molecule has 0 aliphatic rings. The summed E-state index contributed by atoms with van der Waals surface area (Å²) in [7, 11) is 0. The third-order valence-corrected chi connectivity index (χ3v) is 3.96. The number of amides is 1. The number of nitrogens with one attached hydrogen (secondary N) is 1. The van der Waals surface area contributed by atoms with Crippen molar-refractivity contribution in [3.8, 4) is 5.69 Å². The molecule has 1 aromatic heterocycles. The Bertz CT molecular complexity index is 868. The fraction of sp³-hybridized carbons (Fsp3) is 0.167. The van der Waals surface area contributed by atoms with E-state index in [9.17, 15) is 4.79 Å². The molecule has 5 nitrogen and oxygen atoms in total. The zero-order valence-electron chi connectivity index (χ0n) is 13.5. The Morgan fingerprint density at radius 2 is 1.88 bits per heavy atom. The fourth-order valence-corrected chi connectivity index (χ4v) is 2.69. The average molecular weight is 341 g/mol. The molecule has 0 aliphatic heterocycles. The molecule has 0 saturated carbocycles. The summed E-state index contributed by atoms with van der Waals surface area (Å²) in [4.78, 5) is 12.2. The van der Waals surface area contributed by atoms with Gasteiger partial charge in [-0.05, 0) is 48.7 Å². The Morgan fingerprint density at radius 1 is 1.17 bits per heavy atom. The van der Waals surface area contributed by atoms with Crippen LogP contribution in [0.4, 0.5) is 0 Å². The third-order valence-electron chi connectivity index (χ3n) is 3.59. The summed E-state index contributed by atoms with van der Waals surface area (Å²) >= 11 is 6.08. The van der Waals surface area contributed by atoms with Gasteiger partial charge in [0.1, 0.15) is 0 Å². The summed E-state index contributed by atoms with van der Waals surface area (Å²) < 4.78 is 1.60. The fourth-order valence-electron chi connectivity index (χ4n) is 2.48. The van der Waals surface area contributed by atoms with Crippen molar-refractivity contribution < 1.29 is 4.79 Å². The van der Waals surface area contributed by atoms with Crippen molar-refractivity contribution in [1.82, 2.24) is 20.3 Å². The highest BCUT2D eigenvalue weighted by atomic mass is 35.5. The SMILES string of the molecule is Cc1cc(C)cc(-n2cc(C(=O)NCc3ccccc3Cl)nn2)c1. The van der Waals surface area contributed by atoms with Crippen LogP contribution in [0.1, 0.15) is 27.2 Å². The van der Waals surface area contributed by atoms with E-state index in [0.717, 1.165) is 22.4 Å². The van der Waals surface area contributed by atoms with Gasteiger partial charge in [0, 0.05) is 11.6 Å². The Morgan fingerprint density at radius 3 is 2.58 bits per heavy atom. The quantitative estimate of drug-likeness (QED) is 0.791. The molecule has 1 heterocycles. The maximum Gasteiger partial charge on any atom is 0.273 e. The van der Waals surface area contributed by atoms with Crippen molar-refractivity contribution in [3.05, 3.63) is 76.1 Å².